The maximum atomic E-state index is 12.8. The number of urea groups is 1. The molecule has 176 valence electrons. The van der Waals surface area contributed by atoms with E-state index in [9.17, 15) is 4.79 Å². The molecule has 1 aliphatic carbocycles. The number of carbonyl (C=O) groups excluding carboxylic acids is 1. The van der Waals surface area contributed by atoms with E-state index in [-0.39, 0.29) is 6.03 Å². The number of rotatable bonds is 5. The molecule has 8 nitrogen and oxygen atoms in total. The molecule has 0 unspecified atom stereocenters. The molecule has 0 saturated heterocycles. The average Bonchev–Trinajstić information content (AvgIpc) is 3.56. The zero-order chi connectivity index (χ0) is 24.0. The molecule has 1 aliphatic rings. The molecule has 3 N–H and O–H groups in total. The zero-order valence-electron chi connectivity index (χ0n) is 18.9. The first-order valence-corrected chi connectivity index (χ1v) is 12.5. The van der Waals surface area contributed by atoms with E-state index in [0.717, 1.165) is 62.7 Å². The van der Waals surface area contributed by atoms with Crippen LogP contribution in [0.2, 0.25) is 5.02 Å². The highest BCUT2D eigenvalue weighted by molar-refractivity contribution is 7.15. The number of pyridine rings is 1. The standard InChI is InChI=1S/C25H22ClN7OS/c1-33-14-15(11-29-33)19-10-17-21(18(26)12-27-22(17)31-19)20-13-28-23(35-20)25(8-5-9-25)32-24(34)30-16-6-3-2-4-7-16/h2-4,6-7,10-14H,5,8-9H2,1H3,(H,27,31)(H2,30,32,34). The summed E-state index contributed by atoms with van der Waals surface area (Å²) in [7, 11) is 1.88. The van der Waals surface area contributed by atoms with Crippen LogP contribution >= 0.6 is 22.9 Å². The largest absolute Gasteiger partial charge is 0.339 e. The molecule has 1 saturated carbocycles. The summed E-state index contributed by atoms with van der Waals surface area (Å²) in [5, 5.41) is 12.7. The van der Waals surface area contributed by atoms with Gasteiger partial charge in [0.1, 0.15) is 10.7 Å². The number of aromatic nitrogens is 5. The Bertz CT molecular complexity index is 1530. The van der Waals surface area contributed by atoms with E-state index in [4.69, 9.17) is 16.6 Å². The second-order valence-electron chi connectivity index (χ2n) is 8.74. The van der Waals surface area contributed by atoms with Gasteiger partial charge in [0.25, 0.3) is 0 Å². The Morgan fingerprint density at radius 1 is 1.17 bits per heavy atom. The third-order valence-electron chi connectivity index (χ3n) is 6.38. The quantitative estimate of drug-likeness (QED) is 0.276. The lowest BCUT2D eigenvalue weighted by atomic mass is 9.77. The Kier molecular flexibility index (Phi) is 5.31. The summed E-state index contributed by atoms with van der Waals surface area (Å²) < 4.78 is 1.76. The first kappa shape index (κ1) is 21.8. The third-order valence-corrected chi connectivity index (χ3v) is 7.89. The molecule has 0 radical (unpaired) electrons. The van der Waals surface area contributed by atoms with E-state index >= 15 is 0 Å². The number of nitrogens with zero attached hydrogens (tertiary/aromatic N) is 4. The van der Waals surface area contributed by atoms with Crippen molar-refractivity contribution in [3.8, 4) is 21.7 Å². The number of thiazole rings is 1. The number of amides is 2. The molecule has 0 bridgehead atoms. The number of benzene rings is 1. The predicted octanol–water partition coefficient (Wildman–Crippen LogP) is 5.94. The van der Waals surface area contributed by atoms with E-state index < -0.39 is 5.54 Å². The number of aromatic amines is 1. The van der Waals surface area contributed by atoms with Crippen molar-refractivity contribution >= 4 is 45.7 Å². The summed E-state index contributed by atoms with van der Waals surface area (Å²) in [6, 6.07) is 11.2. The van der Waals surface area contributed by atoms with Gasteiger partial charge >= 0.3 is 6.03 Å². The minimum Gasteiger partial charge on any atom is -0.339 e. The van der Waals surface area contributed by atoms with Crippen LogP contribution in [0, 0.1) is 0 Å². The Hall–Kier alpha value is -3.69. The number of para-hydroxylation sites is 1. The molecule has 6 rings (SSSR count). The zero-order valence-corrected chi connectivity index (χ0v) is 20.5. The van der Waals surface area contributed by atoms with Gasteiger partial charge in [0.15, 0.2) is 0 Å². The molecular weight excluding hydrogens is 482 g/mol. The van der Waals surface area contributed by atoms with E-state index in [0.29, 0.717) is 5.02 Å². The summed E-state index contributed by atoms with van der Waals surface area (Å²) in [6.07, 6.45) is 9.98. The van der Waals surface area contributed by atoms with E-state index in [1.807, 2.05) is 62.0 Å². The molecule has 4 heterocycles. The summed E-state index contributed by atoms with van der Waals surface area (Å²) in [6.45, 7) is 0. The number of H-pyrrole nitrogens is 1. The first-order valence-electron chi connectivity index (χ1n) is 11.3. The second-order valence-corrected chi connectivity index (χ2v) is 10.2. The summed E-state index contributed by atoms with van der Waals surface area (Å²) in [5.41, 5.74) is 3.80. The van der Waals surface area contributed by atoms with Gasteiger partial charge in [-0.25, -0.2) is 14.8 Å². The summed E-state index contributed by atoms with van der Waals surface area (Å²) in [4.78, 5) is 26.3. The Balaban J connectivity index is 1.32. The van der Waals surface area contributed by atoms with Crippen LogP contribution in [0.1, 0.15) is 24.3 Å². The smallest absolute Gasteiger partial charge is 0.320 e. The Morgan fingerprint density at radius 3 is 2.71 bits per heavy atom. The maximum absolute atomic E-state index is 12.8. The van der Waals surface area contributed by atoms with Crippen LogP contribution in [0.5, 0.6) is 0 Å². The van der Waals surface area contributed by atoms with Crippen LogP contribution < -0.4 is 10.6 Å². The van der Waals surface area contributed by atoms with Gasteiger partial charge in [-0.2, -0.15) is 5.10 Å². The van der Waals surface area contributed by atoms with E-state index in [1.54, 1.807) is 22.2 Å². The Labute approximate surface area is 210 Å². The van der Waals surface area contributed by atoms with Crippen LogP contribution in [0.25, 0.3) is 32.7 Å². The maximum Gasteiger partial charge on any atom is 0.320 e. The normalized spacial score (nSPS) is 14.6. The Morgan fingerprint density at radius 2 is 2.00 bits per heavy atom. The van der Waals surface area contributed by atoms with Crippen LogP contribution in [-0.2, 0) is 12.6 Å². The average molecular weight is 504 g/mol. The van der Waals surface area contributed by atoms with E-state index in [1.165, 1.54) is 0 Å². The number of hydrogen-bond acceptors (Lipinski definition) is 5. The van der Waals surface area contributed by atoms with Gasteiger partial charge < -0.3 is 15.6 Å². The monoisotopic (exact) mass is 503 g/mol. The lowest BCUT2D eigenvalue weighted by Gasteiger charge is -2.40. The molecule has 4 aromatic heterocycles. The van der Waals surface area contributed by atoms with E-state index in [2.05, 4.69) is 25.7 Å². The molecule has 0 spiro atoms. The molecule has 5 aromatic rings. The number of carbonyl (C=O) groups is 1. The first-order chi connectivity index (χ1) is 17.0. The molecule has 1 fully saturated rings. The van der Waals surface area contributed by atoms with Gasteiger partial charge in [-0.1, -0.05) is 29.8 Å². The number of fused-ring (bicyclic) bond motifs is 1. The van der Waals surface area contributed by atoms with Crippen molar-refractivity contribution in [3.05, 3.63) is 71.2 Å². The number of nitrogens with one attached hydrogen (secondary N) is 3. The molecule has 35 heavy (non-hydrogen) atoms. The minimum atomic E-state index is -0.473. The van der Waals surface area contributed by atoms with Crippen molar-refractivity contribution in [2.75, 3.05) is 5.32 Å². The lowest BCUT2D eigenvalue weighted by molar-refractivity contribution is 0.184. The fourth-order valence-electron chi connectivity index (χ4n) is 4.45. The number of aryl methyl sites for hydroxylation is 1. The highest BCUT2D eigenvalue weighted by atomic mass is 35.5. The van der Waals surface area contributed by atoms with Gasteiger partial charge in [-0.15, -0.1) is 11.3 Å². The number of anilines is 1. The molecule has 2 amide bonds. The van der Waals surface area contributed by atoms with Crippen molar-refractivity contribution in [2.24, 2.45) is 7.05 Å². The summed E-state index contributed by atoms with van der Waals surface area (Å²) in [5.74, 6) is 0. The number of hydrogen-bond donors (Lipinski definition) is 3. The molecular formula is C25H22ClN7OS. The van der Waals surface area contributed by atoms with Crippen molar-refractivity contribution in [3.63, 3.8) is 0 Å². The summed E-state index contributed by atoms with van der Waals surface area (Å²) >= 11 is 8.21. The van der Waals surface area contributed by atoms with Gasteiger partial charge in [-0.05, 0) is 37.5 Å². The second kappa shape index (κ2) is 8.51. The van der Waals surface area contributed by atoms with Crippen LogP contribution in [-0.4, -0.2) is 30.8 Å². The lowest BCUT2D eigenvalue weighted by Crippen LogP contribution is -2.52. The van der Waals surface area contributed by atoms with Gasteiger partial charge in [0.05, 0.1) is 27.3 Å². The van der Waals surface area contributed by atoms with Crippen LogP contribution in [0.4, 0.5) is 10.5 Å². The van der Waals surface area contributed by atoms with Gasteiger partial charge in [0.2, 0.25) is 0 Å². The van der Waals surface area contributed by atoms with Crippen molar-refractivity contribution in [1.29, 1.82) is 0 Å². The van der Waals surface area contributed by atoms with Gasteiger partial charge in [0, 0.05) is 47.8 Å². The highest BCUT2D eigenvalue weighted by Crippen LogP contribution is 2.46. The molecule has 1 aromatic carbocycles. The number of halogens is 1. The predicted molar refractivity (Wildman–Crippen MR) is 139 cm³/mol. The fourth-order valence-corrected chi connectivity index (χ4v) is 5.95. The van der Waals surface area contributed by atoms with Gasteiger partial charge in [-0.3, -0.25) is 4.68 Å². The van der Waals surface area contributed by atoms with Crippen molar-refractivity contribution in [2.45, 2.75) is 24.8 Å². The molecule has 0 atom stereocenters. The van der Waals surface area contributed by atoms with Crippen molar-refractivity contribution in [1.82, 2.24) is 30.0 Å². The van der Waals surface area contributed by atoms with Crippen LogP contribution in [0.3, 0.4) is 0 Å². The minimum absolute atomic E-state index is 0.233. The molecule has 0 aliphatic heterocycles. The molecule has 10 heteroatoms. The SMILES string of the molecule is Cn1cc(-c2cc3c(-c4cnc(C5(NC(=O)Nc6ccccc6)CCC5)s4)c(Cl)cnc3[nH]2)cn1. The van der Waals surface area contributed by atoms with Crippen LogP contribution in [0.15, 0.2) is 61.2 Å². The third kappa shape index (κ3) is 3.96. The highest BCUT2D eigenvalue weighted by Gasteiger charge is 2.43. The topological polar surface area (TPSA) is 101 Å². The van der Waals surface area contributed by atoms with Crippen molar-refractivity contribution < 1.29 is 4.79 Å². The fraction of sp³-hybridized carbons (Fsp3) is 0.200.